The summed E-state index contributed by atoms with van der Waals surface area (Å²) < 4.78 is 2.11. The molecule has 62 valence electrons. The molecule has 0 aliphatic carbocycles. The highest BCUT2D eigenvalue weighted by Crippen LogP contribution is 2.26. The molecule has 0 saturated carbocycles. The van der Waals surface area contributed by atoms with E-state index in [1.807, 2.05) is 6.92 Å². The van der Waals surface area contributed by atoms with Crippen molar-refractivity contribution >= 4 is 11.9 Å². The van der Waals surface area contributed by atoms with Crippen molar-refractivity contribution in [2.45, 2.75) is 26.3 Å². The van der Waals surface area contributed by atoms with Crippen molar-refractivity contribution in [2.75, 3.05) is 0 Å². The SMILES string of the molecule is Cc1nc(N=C=O)c2n1CCC2. The molecule has 4 heteroatoms. The quantitative estimate of drug-likeness (QED) is 0.460. The topological polar surface area (TPSA) is 47.2 Å². The third-order valence-electron chi connectivity index (χ3n) is 2.19. The van der Waals surface area contributed by atoms with Crippen LogP contribution in [0.4, 0.5) is 5.82 Å². The number of hydrogen-bond donors (Lipinski definition) is 0. The number of fused-ring (bicyclic) bond motifs is 1. The number of isocyanates is 1. The molecule has 0 unspecified atom stereocenters. The maximum absolute atomic E-state index is 10.0. The van der Waals surface area contributed by atoms with Gasteiger partial charge in [0.1, 0.15) is 5.82 Å². The summed E-state index contributed by atoms with van der Waals surface area (Å²) in [6, 6.07) is 0. The van der Waals surface area contributed by atoms with Crippen LogP contribution in [0.1, 0.15) is 17.9 Å². The Labute approximate surface area is 69.9 Å². The minimum absolute atomic E-state index is 0.556. The molecule has 0 amide bonds. The lowest BCUT2D eigenvalue weighted by Crippen LogP contribution is -1.94. The summed E-state index contributed by atoms with van der Waals surface area (Å²) in [7, 11) is 0. The van der Waals surface area contributed by atoms with Crippen LogP contribution in [0.5, 0.6) is 0 Å². The highest BCUT2D eigenvalue weighted by Gasteiger charge is 2.18. The van der Waals surface area contributed by atoms with Gasteiger partial charge in [0, 0.05) is 6.54 Å². The number of hydrogen-bond acceptors (Lipinski definition) is 3. The van der Waals surface area contributed by atoms with Gasteiger partial charge in [0.05, 0.1) is 5.69 Å². The zero-order chi connectivity index (χ0) is 8.55. The smallest absolute Gasteiger partial charge is 0.242 e. The van der Waals surface area contributed by atoms with Crippen LogP contribution in [0.3, 0.4) is 0 Å². The summed E-state index contributed by atoms with van der Waals surface area (Å²) in [5.41, 5.74) is 1.08. The number of aromatic nitrogens is 2. The van der Waals surface area contributed by atoms with Crippen molar-refractivity contribution in [1.82, 2.24) is 9.55 Å². The molecule has 0 aromatic carbocycles. The van der Waals surface area contributed by atoms with E-state index in [1.54, 1.807) is 0 Å². The van der Waals surface area contributed by atoms with E-state index in [0.717, 1.165) is 30.9 Å². The Bertz CT molecular complexity index is 361. The largest absolute Gasteiger partial charge is 0.330 e. The molecule has 1 aliphatic heterocycles. The molecule has 0 N–H and O–H groups in total. The van der Waals surface area contributed by atoms with E-state index in [9.17, 15) is 4.79 Å². The van der Waals surface area contributed by atoms with E-state index in [1.165, 1.54) is 6.08 Å². The summed E-state index contributed by atoms with van der Waals surface area (Å²) in [5, 5.41) is 0. The molecule has 4 nitrogen and oxygen atoms in total. The van der Waals surface area contributed by atoms with Crippen LogP contribution in [0.25, 0.3) is 0 Å². The Morgan fingerprint density at radius 2 is 2.50 bits per heavy atom. The molecule has 0 spiro atoms. The fourth-order valence-corrected chi connectivity index (χ4v) is 1.68. The van der Waals surface area contributed by atoms with Gasteiger partial charge in [0.15, 0.2) is 5.82 Å². The number of aliphatic imine (C=N–C) groups is 1. The maximum atomic E-state index is 10.0. The van der Waals surface area contributed by atoms with Crippen molar-refractivity contribution in [1.29, 1.82) is 0 Å². The lowest BCUT2D eigenvalue weighted by Gasteiger charge is -1.95. The minimum atomic E-state index is 0.556. The van der Waals surface area contributed by atoms with Crippen molar-refractivity contribution in [3.05, 3.63) is 11.5 Å². The van der Waals surface area contributed by atoms with Crippen molar-refractivity contribution < 1.29 is 4.79 Å². The predicted molar refractivity (Wildman–Crippen MR) is 43.1 cm³/mol. The second kappa shape index (κ2) is 2.57. The molecule has 2 rings (SSSR count). The lowest BCUT2D eigenvalue weighted by molar-refractivity contribution is 0.565. The second-order valence-corrected chi connectivity index (χ2v) is 2.89. The molecule has 0 saturated heterocycles. The Kier molecular flexibility index (Phi) is 1.55. The third-order valence-corrected chi connectivity index (χ3v) is 2.19. The van der Waals surface area contributed by atoms with Crippen molar-refractivity contribution in [3.63, 3.8) is 0 Å². The van der Waals surface area contributed by atoms with Gasteiger partial charge < -0.3 is 4.57 Å². The van der Waals surface area contributed by atoms with Gasteiger partial charge in [-0.05, 0) is 19.8 Å². The number of carbonyl (C=O) groups excluding carboxylic acids is 1. The zero-order valence-corrected chi connectivity index (χ0v) is 6.87. The second-order valence-electron chi connectivity index (χ2n) is 2.89. The fraction of sp³-hybridized carbons (Fsp3) is 0.500. The minimum Gasteiger partial charge on any atom is -0.330 e. The molecule has 0 radical (unpaired) electrons. The Balaban J connectivity index is 2.57. The van der Waals surface area contributed by atoms with Gasteiger partial charge in [-0.3, -0.25) is 0 Å². The van der Waals surface area contributed by atoms with Crippen LogP contribution in [0, 0.1) is 6.92 Å². The van der Waals surface area contributed by atoms with Crippen LogP contribution in [-0.4, -0.2) is 15.6 Å². The Morgan fingerprint density at radius 1 is 1.67 bits per heavy atom. The highest BCUT2D eigenvalue weighted by molar-refractivity contribution is 5.48. The fourth-order valence-electron chi connectivity index (χ4n) is 1.68. The molecule has 2 heterocycles. The monoisotopic (exact) mass is 163 g/mol. The molecule has 1 aromatic rings. The van der Waals surface area contributed by atoms with Gasteiger partial charge >= 0.3 is 0 Å². The van der Waals surface area contributed by atoms with E-state index in [0.29, 0.717) is 5.82 Å². The van der Waals surface area contributed by atoms with Crippen LogP contribution in [0.15, 0.2) is 4.99 Å². The van der Waals surface area contributed by atoms with E-state index in [-0.39, 0.29) is 0 Å². The van der Waals surface area contributed by atoms with Gasteiger partial charge in [-0.2, -0.15) is 0 Å². The molecule has 1 aliphatic rings. The molecule has 1 aromatic heterocycles. The van der Waals surface area contributed by atoms with Gasteiger partial charge in [0.2, 0.25) is 6.08 Å². The maximum Gasteiger partial charge on any atom is 0.242 e. The van der Waals surface area contributed by atoms with Crippen LogP contribution in [-0.2, 0) is 17.8 Å². The molecule has 12 heavy (non-hydrogen) atoms. The first-order valence-electron chi connectivity index (χ1n) is 3.97. The van der Waals surface area contributed by atoms with E-state index < -0.39 is 0 Å². The van der Waals surface area contributed by atoms with E-state index in [4.69, 9.17) is 0 Å². The summed E-state index contributed by atoms with van der Waals surface area (Å²) in [6.45, 7) is 2.93. The van der Waals surface area contributed by atoms with Crippen LogP contribution >= 0.6 is 0 Å². The standard InChI is InChI=1S/C8H9N3O/c1-6-10-8(9-5-12)7-3-2-4-11(6)7/h2-4H2,1H3. The zero-order valence-electron chi connectivity index (χ0n) is 6.87. The number of aryl methyl sites for hydroxylation is 1. The normalized spacial score (nSPS) is 14.1. The summed E-state index contributed by atoms with van der Waals surface area (Å²) in [5.74, 6) is 1.50. The third kappa shape index (κ3) is 0.889. The molecule has 0 fully saturated rings. The Hall–Kier alpha value is -1.41. The Morgan fingerprint density at radius 3 is 3.25 bits per heavy atom. The van der Waals surface area contributed by atoms with Gasteiger partial charge in [0.25, 0.3) is 0 Å². The van der Waals surface area contributed by atoms with E-state index >= 15 is 0 Å². The van der Waals surface area contributed by atoms with Gasteiger partial charge in [-0.25, -0.2) is 9.78 Å². The first-order valence-corrected chi connectivity index (χ1v) is 3.97. The van der Waals surface area contributed by atoms with Crippen molar-refractivity contribution in [2.24, 2.45) is 4.99 Å². The molecular formula is C8H9N3O. The summed E-state index contributed by atoms with van der Waals surface area (Å²) >= 11 is 0. The van der Waals surface area contributed by atoms with E-state index in [2.05, 4.69) is 14.5 Å². The molecule has 0 atom stereocenters. The summed E-state index contributed by atoms with van der Waals surface area (Å²) in [6.07, 6.45) is 3.62. The molecule has 0 bridgehead atoms. The van der Waals surface area contributed by atoms with Crippen LogP contribution in [0.2, 0.25) is 0 Å². The number of imidazole rings is 1. The van der Waals surface area contributed by atoms with Gasteiger partial charge in [-0.15, -0.1) is 4.99 Å². The highest BCUT2D eigenvalue weighted by atomic mass is 16.1. The first kappa shape index (κ1) is 7.25. The average molecular weight is 163 g/mol. The van der Waals surface area contributed by atoms with Crippen molar-refractivity contribution in [3.8, 4) is 0 Å². The average Bonchev–Trinajstić information content (AvgIpc) is 2.58. The first-order chi connectivity index (χ1) is 5.83. The predicted octanol–water partition coefficient (Wildman–Crippen LogP) is 1.11. The van der Waals surface area contributed by atoms with Gasteiger partial charge in [-0.1, -0.05) is 0 Å². The molecular weight excluding hydrogens is 154 g/mol. The number of rotatable bonds is 1. The van der Waals surface area contributed by atoms with Crippen LogP contribution < -0.4 is 0 Å². The number of nitrogens with zero attached hydrogens (tertiary/aromatic N) is 3. The lowest BCUT2D eigenvalue weighted by atomic mass is 10.3. The summed E-state index contributed by atoms with van der Waals surface area (Å²) in [4.78, 5) is 17.8.